The molecule has 0 aromatic carbocycles. The molecule has 0 fully saturated rings. The number of hydrogen-bond acceptors (Lipinski definition) is 6. The van der Waals surface area contributed by atoms with Crippen LogP contribution in [0.15, 0.2) is 16.7 Å². The van der Waals surface area contributed by atoms with Crippen LogP contribution in [-0.4, -0.2) is 15.0 Å². The molecule has 0 aliphatic carbocycles. The smallest absolute Gasteiger partial charge is 0.222 e. The molecule has 6 heteroatoms. The fraction of sp³-hybridized carbons (Fsp3) is 0.300. The van der Waals surface area contributed by atoms with E-state index in [4.69, 9.17) is 10.2 Å². The molecule has 2 heterocycles. The van der Waals surface area contributed by atoms with E-state index in [9.17, 15) is 0 Å². The van der Waals surface area contributed by atoms with Crippen LogP contribution in [0.4, 0.5) is 11.8 Å². The standard InChI is InChI=1S/C10H13N5O/c1-6-3-8(15-10(11)14-6)12-5-9-13-4-7(2)16-9/h3-4H,5H2,1-2H3,(H3,11,12,14,15). The van der Waals surface area contributed by atoms with Crippen molar-refractivity contribution in [1.29, 1.82) is 0 Å². The summed E-state index contributed by atoms with van der Waals surface area (Å²) in [6.45, 7) is 4.19. The van der Waals surface area contributed by atoms with Gasteiger partial charge in [0.1, 0.15) is 11.6 Å². The zero-order chi connectivity index (χ0) is 11.5. The van der Waals surface area contributed by atoms with Crippen molar-refractivity contribution in [2.24, 2.45) is 0 Å². The van der Waals surface area contributed by atoms with Gasteiger partial charge in [0.25, 0.3) is 0 Å². The van der Waals surface area contributed by atoms with Gasteiger partial charge in [-0.05, 0) is 13.8 Å². The first kappa shape index (κ1) is 10.4. The summed E-state index contributed by atoms with van der Waals surface area (Å²) in [4.78, 5) is 12.1. The molecule has 0 atom stereocenters. The highest BCUT2D eigenvalue weighted by molar-refractivity contribution is 5.40. The van der Waals surface area contributed by atoms with Crippen LogP contribution < -0.4 is 11.1 Å². The molecule has 0 aliphatic heterocycles. The molecule has 0 amide bonds. The van der Waals surface area contributed by atoms with Gasteiger partial charge in [-0.25, -0.2) is 9.97 Å². The fourth-order valence-corrected chi connectivity index (χ4v) is 1.33. The van der Waals surface area contributed by atoms with Crippen molar-refractivity contribution in [3.63, 3.8) is 0 Å². The number of hydrogen-bond donors (Lipinski definition) is 2. The summed E-state index contributed by atoms with van der Waals surface area (Å²) in [6.07, 6.45) is 1.68. The van der Waals surface area contributed by atoms with E-state index < -0.39 is 0 Å². The Morgan fingerprint density at radius 1 is 1.38 bits per heavy atom. The topological polar surface area (TPSA) is 89.9 Å². The minimum Gasteiger partial charge on any atom is -0.444 e. The van der Waals surface area contributed by atoms with Crippen molar-refractivity contribution in [2.75, 3.05) is 11.1 Å². The molecule has 0 saturated carbocycles. The first-order valence-electron chi connectivity index (χ1n) is 4.90. The third-order valence-corrected chi connectivity index (χ3v) is 1.96. The van der Waals surface area contributed by atoms with E-state index in [2.05, 4.69) is 20.3 Å². The monoisotopic (exact) mass is 219 g/mol. The summed E-state index contributed by atoms with van der Waals surface area (Å²) < 4.78 is 5.32. The van der Waals surface area contributed by atoms with Crippen LogP contribution in [0, 0.1) is 13.8 Å². The van der Waals surface area contributed by atoms with Gasteiger partial charge in [-0.2, -0.15) is 4.98 Å². The van der Waals surface area contributed by atoms with Gasteiger partial charge in [0.15, 0.2) is 0 Å². The van der Waals surface area contributed by atoms with Crippen LogP contribution >= 0.6 is 0 Å². The van der Waals surface area contributed by atoms with Crippen molar-refractivity contribution < 1.29 is 4.42 Å². The Hall–Kier alpha value is -2.11. The number of nitrogens with one attached hydrogen (secondary N) is 1. The quantitative estimate of drug-likeness (QED) is 0.808. The highest BCUT2D eigenvalue weighted by Crippen LogP contribution is 2.09. The zero-order valence-corrected chi connectivity index (χ0v) is 9.19. The minimum absolute atomic E-state index is 0.256. The summed E-state index contributed by atoms with van der Waals surface area (Å²) in [5.41, 5.74) is 6.35. The minimum atomic E-state index is 0.256. The van der Waals surface area contributed by atoms with Crippen LogP contribution in [0.5, 0.6) is 0 Å². The second kappa shape index (κ2) is 4.18. The van der Waals surface area contributed by atoms with Crippen molar-refractivity contribution in [2.45, 2.75) is 20.4 Å². The first-order valence-corrected chi connectivity index (χ1v) is 4.90. The number of anilines is 2. The van der Waals surface area contributed by atoms with Gasteiger partial charge in [-0.1, -0.05) is 0 Å². The maximum atomic E-state index is 5.53. The summed E-state index contributed by atoms with van der Waals surface area (Å²) >= 11 is 0. The molecule has 2 aromatic heterocycles. The second-order valence-corrected chi connectivity index (χ2v) is 3.47. The van der Waals surface area contributed by atoms with Crippen LogP contribution in [-0.2, 0) is 6.54 Å². The van der Waals surface area contributed by atoms with E-state index in [-0.39, 0.29) is 5.95 Å². The number of nitrogens with two attached hydrogens (primary N) is 1. The molecular weight excluding hydrogens is 206 g/mol. The molecule has 16 heavy (non-hydrogen) atoms. The Labute approximate surface area is 92.9 Å². The average molecular weight is 219 g/mol. The molecule has 0 spiro atoms. The van der Waals surface area contributed by atoms with Crippen LogP contribution in [0.1, 0.15) is 17.3 Å². The van der Waals surface area contributed by atoms with E-state index in [0.29, 0.717) is 18.3 Å². The maximum absolute atomic E-state index is 5.53. The van der Waals surface area contributed by atoms with Crippen molar-refractivity contribution in [3.8, 4) is 0 Å². The van der Waals surface area contributed by atoms with Gasteiger partial charge in [-0.15, -0.1) is 0 Å². The Balaban J connectivity index is 2.04. The van der Waals surface area contributed by atoms with Crippen LogP contribution in [0.2, 0.25) is 0 Å². The van der Waals surface area contributed by atoms with Crippen molar-refractivity contribution >= 4 is 11.8 Å². The molecule has 84 valence electrons. The lowest BCUT2D eigenvalue weighted by molar-refractivity contribution is 0.479. The Bertz CT molecular complexity index is 473. The normalized spacial score (nSPS) is 10.4. The molecule has 0 unspecified atom stereocenters. The number of nitrogen functional groups attached to an aromatic ring is 1. The highest BCUT2D eigenvalue weighted by atomic mass is 16.4. The maximum Gasteiger partial charge on any atom is 0.222 e. The molecular formula is C10H13N5O. The van der Waals surface area contributed by atoms with E-state index >= 15 is 0 Å². The number of aromatic nitrogens is 3. The van der Waals surface area contributed by atoms with Gasteiger partial charge in [0.2, 0.25) is 11.8 Å². The average Bonchev–Trinajstić information content (AvgIpc) is 2.60. The molecule has 6 nitrogen and oxygen atoms in total. The van der Waals surface area contributed by atoms with E-state index in [1.807, 2.05) is 19.9 Å². The Morgan fingerprint density at radius 2 is 2.19 bits per heavy atom. The number of nitrogens with zero attached hydrogens (tertiary/aromatic N) is 3. The summed E-state index contributed by atoms with van der Waals surface area (Å²) in [6, 6.07) is 1.81. The van der Waals surface area contributed by atoms with Gasteiger partial charge >= 0.3 is 0 Å². The third kappa shape index (κ3) is 2.47. The zero-order valence-electron chi connectivity index (χ0n) is 9.19. The molecule has 0 bridgehead atoms. The Morgan fingerprint density at radius 3 is 2.81 bits per heavy atom. The van der Waals surface area contributed by atoms with Crippen molar-refractivity contribution in [1.82, 2.24) is 15.0 Å². The van der Waals surface area contributed by atoms with Crippen LogP contribution in [0.25, 0.3) is 0 Å². The predicted octanol–water partition coefficient (Wildman–Crippen LogP) is 1.28. The lowest BCUT2D eigenvalue weighted by Crippen LogP contribution is -2.05. The van der Waals surface area contributed by atoms with Gasteiger partial charge in [0, 0.05) is 11.8 Å². The molecule has 3 N–H and O–H groups in total. The summed E-state index contributed by atoms with van der Waals surface area (Å²) in [7, 11) is 0. The number of aryl methyl sites for hydroxylation is 2. The predicted molar refractivity (Wildman–Crippen MR) is 59.7 cm³/mol. The number of oxazole rings is 1. The van der Waals surface area contributed by atoms with Crippen LogP contribution in [0.3, 0.4) is 0 Å². The van der Waals surface area contributed by atoms with E-state index in [1.165, 1.54) is 0 Å². The molecule has 0 radical (unpaired) electrons. The summed E-state index contributed by atoms with van der Waals surface area (Å²) in [5.74, 6) is 2.33. The van der Waals surface area contributed by atoms with Crippen molar-refractivity contribution in [3.05, 3.63) is 29.6 Å². The summed E-state index contributed by atoms with van der Waals surface area (Å²) in [5, 5.41) is 3.07. The lowest BCUT2D eigenvalue weighted by Gasteiger charge is -2.04. The first-order chi connectivity index (χ1) is 7.63. The molecule has 0 aliphatic rings. The van der Waals surface area contributed by atoms with E-state index in [1.54, 1.807) is 6.20 Å². The van der Waals surface area contributed by atoms with E-state index in [0.717, 1.165) is 11.5 Å². The Kier molecular flexibility index (Phi) is 2.72. The largest absolute Gasteiger partial charge is 0.444 e. The highest BCUT2D eigenvalue weighted by Gasteiger charge is 2.02. The molecule has 2 aromatic rings. The molecule has 2 rings (SSSR count). The molecule has 0 saturated heterocycles. The third-order valence-electron chi connectivity index (χ3n) is 1.96. The second-order valence-electron chi connectivity index (χ2n) is 3.47. The fourth-order valence-electron chi connectivity index (χ4n) is 1.33. The number of rotatable bonds is 3. The van der Waals surface area contributed by atoms with Gasteiger partial charge in [-0.3, -0.25) is 0 Å². The van der Waals surface area contributed by atoms with Gasteiger partial charge < -0.3 is 15.5 Å². The van der Waals surface area contributed by atoms with Gasteiger partial charge in [0.05, 0.1) is 12.7 Å². The SMILES string of the molecule is Cc1cc(NCc2ncc(C)o2)nc(N)n1. The lowest BCUT2D eigenvalue weighted by atomic mass is 10.4.